The number of aromatic nitrogens is 1. The van der Waals surface area contributed by atoms with Gasteiger partial charge in [0.25, 0.3) is 0 Å². The normalized spacial score (nSPS) is 10.1. The standard InChI is InChI=1S/C9H12N2OS/c1-6(2)12-7-3-4-11-8(5-7)9(10)13/h3-6H,1-2H3,(H2,10,13). The van der Waals surface area contributed by atoms with Crippen LogP contribution in [0.3, 0.4) is 0 Å². The van der Waals surface area contributed by atoms with E-state index in [2.05, 4.69) is 4.98 Å². The van der Waals surface area contributed by atoms with Gasteiger partial charge in [-0.25, -0.2) is 0 Å². The fourth-order valence-corrected chi connectivity index (χ4v) is 1.00. The van der Waals surface area contributed by atoms with Crippen molar-refractivity contribution in [2.24, 2.45) is 5.73 Å². The van der Waals surface area contributed by atoms with Crippen molar-refractivity contribution in [2.75, 3.05) is 0 Å². The second-order valence-electron chi connectivity index (χ2n) is 2.91. The molecule has 0 bridgehead atoms. The number of rotatable bonds is 3. The molecule has 1 rings (SSSR count). The lowest BCUT2D eigenvalue weighted by Gasteiger charge is -2.09. The van der Waals surface area contributed by atoms with Crippen molar-refractivity contribution in [2.45, 2.75) is 20.0 Å². The van der Waals surface area contributed by atoms with Crippen LogP contribution in [0, 0.1) is 0 Å². The minimum absolute atomic E-state index is 0.140. The van der Waals surface area contributed by atoms with Crippen molar-refractivity contribution < 1.29 is 4.74 Å². The second kappa shape index (κ2) is 4.18. The van der Waals surface area contributed by atoms with Crippen LogP contribution in [0.25, 0.3) is 0 Å². The largest absolute Gasteiger partial charge is 0.491 e. The first-order valence-corrected chi connectivity index (χ1v) is 4.43. The van der Waals surface area contributed by atoms with Crippen LogP contribution >= 0.6 is 12.2 Å². The quantitative estimate of drug-likeness (QED) is 0.744. The number of thiocarbonyl (C=S) groups is 1. The maximum atomic E-state index is 5.45. The summed E-state index contributed by atoms with van der Waals surface area (Å²) < 4.78 is 5.45. The highest BCUT2D eigenvalue weighted by Crippen LogP contribution is 2.12. The summed E-state index contributed by atoms with van der Waals surface area (Å²) in [5.74, 6) is 0.743. The minimum atomic E-state index is 0.140. The van der Waals surface area contributed by atoms with Gasteiger partial charge in [0, 0.05) is 12.3 Å². The topological polar surface area (TPSA) is 48.1 Å². The lowest BCUT2D eigenvalue weighted by molar-refractivity contribution is 0.242. The van der Waals surface area contributed by atoms with E-state index in [9.17, 15) is 0 Å². The molecule has 0 saturated heterocycles. The summed E-state index contributed by atoms with van der Waals surface area (Å²) in [7, 11) is 0. The van der Waals surface area contributed by atoms with E-state index in [0.29, 0.717) is 5.69 Å². The highest BCUT2D eigenvalue weighted by Gasteiger charge is 2.01. The molecule has 0 aliphatic heterocycles. The van der Waals surface area contributed by atoms with E-state index in [1.54, 1.807) is 18.3 Å². The summed E-state index contributed by atoms with van der Waals surface area (Å²) in [6.07, 6.45) is 1.77. The van der Waals surface area contributed by atoms with Gasteiger partial charge in [0.1, 0.15) is 16.4 Å². The number of ether oxygens (including phenoxy) is 1. The Morgan fingerprint density at radius 3 is 2.85 bits per heavy atom. The highest BCUT2D eigenvalue weighted by atomic mass is 32.1. The van der Waals surface area contributed by atoms with Crippen LogP contribution in [-0.4, -0.2) is 16.1 Å². The highest BCUT2D eigenvalue weighted by molar-refractivity contribution is 7.80. The van der Waals surface area contributed by atoms with Crippen molar-refractivity contribution in [3.63, 3.8) is 0 Å². The van der Waals surface area contributed by atoms with E-state index in [-0.39, 0.29) is 11.1 Å². The van der Waals surface area contributed by atoms with Gasteiger partial charge in [0.15, 0.2) is 0 Å². The summed E-state index contributed by atoms with van der Waals surface area (Å²) in [4.78, 5) is 4.29. The zero-order chi connectivity index (χ0) is 9.84. The predicted molar refractivity (Wildman–Crippen MR) is 55.9 cm³/mol. The van der Waals surface area contributed by atoms with Crippen molar-refractivity contribution in [3.8, 4) is 5.75 Å². The Kier molecular flexibility index (Phi) is 3.19. The van der Waals surface area contributed by atoms with E-state index in [4.69, 9.17) is 22.7 Å². The van der Waals surface area contributed by atoms with Gasteiger partial charge >= 0.3 is 0 Å². The van der Waals surface area contributed by atoms with Crippen molar-refractivity contribution in [1.29, 1.82) is 0 Å². The molecule has 0 amide bonds. The second-order valence-corrected chi connectivity index (χ2v) is 3.35. The number of hydrogen-bond donors (Lipinski definition) is 1. The van der Waals surface area contributed by atoms with Gasteiger partial charge in [-0.15, -0.1) is 0 Å². The first-order valence-electron chi connectivity index (χ1n) is 4.02. The van der Waals surface area contributed by atoms with E-state index in [0.717, 1.165) is 5.75 Å². The molecular weight excluding hydrogens is 184 g/mol. The summed E-state index contributed by atoms with van der Waals surface area (Å²) in [5.41, 5.74) is 6.02. The molecule has 0 radical (unpaired) electrons. The van der Waals surface area contributed by atoms with Gasteiger partial charge in [-0.2, -0.15) is 0 Å². The molecule has 0 fully saturated rings. The average molecular weight is 196 g/mol. The first-order chi connectivity index (χ1) is 6.09. The molecule has 0 aliphatic carbocycles. The number of nitrogens with two attached hydrogens (primary N) is 1. The third-order valence-electron chi connectivity index (χ3n) is 1.36. The van der Waals surface area contributed by atoms with E-state index < -0.39 is 0 Å². The van der Waals surface area contributed by atoms with Crippen molar-refractivity contribution in [3.05, 3.63) is 24.0 Å². The number of nitrogens with zero attached hydrogens (tertiary/aromatic N) is 1. The Balaban J connectivity index is 2.85. The van der Waals surface area contributed by atoms with Crippen molar-refractivity contribution in [1.82, 2.24) is 4.98 Å². The third kappa shape index (κ3) is 2.99. The monoisotopic (exact) mass is 196 g/mol. The molecule has 2 N–H and O–H groups in total. The summed E-state index contributed by atoms with van der Waals surface area (Å²) in [5, 5.41) is 0. The SMILES string of the molecule is CC(C)Oc1ccnc(C(N)=S)c1. The smallest absolute Gasteiger partial charge is 0.123 e. The maximum absolute atomic E-state index is 5.45. The van der Waals surface area contributed by atoms with Crippen LogP contribution < -0.4 is 10.5 Å². The van der Waals surface area contributed by atoms with Crippen LogP contribution in [0.5, 0.6) is 5.75 Å². The molecule has 1 aromatic rings. The van der Waals surface area contributed by atoms with Gasteiger partial charge in [-0.1, -0.05) is 12.2 Å². The number of pyridine rings is 1. The van der Waals surface area contributed by atoms with Crippen LogP contribution in [0.1, 0.15) is 19.5 Å². The Labute approximate surface area is 82.9 Å². The average Bonchev–Trinajstić information content (AvgIpc) is 2.03. The lowest BCUT2D eigenvalue weighted by Crippen LogP contribution is -2.12. The molecule has 1 aromatic heterocycles. The molecule has 0 aromatic carbocycles. The fraction of sp³-hybridized carbons (Fsp3) is 0.333. The van der Waals surface area contributed by atoms with Crippen LogP contribution in [0.2, 0.25) is 0 Å². The van der Waals surface area contributed by atoms with Crippen LogP contribution in [-0.2, 0) is 0 Å². The number of hydrogen-bond acceptors (Lipinski definition) is 3. The lowest BCUT2D eigenvalue weighted by atomic mass is 10.3. The van der Waals surface area contributed by atoms with Gasteiger partial charge in [-0.3, -0.25) is 4.98 Å². The molecule has 4 heteroatoms. The molecular formula is C9H12N2OS. The fourth-order valence-electron chi connectivity index (χ4n) is 0.891. The van der Waals surface area contributed by atoms with Crippen LogP contribution in [0.15, 0.2) is 18.3 Å². The molecule has 0 unspecified atom stereocenters. The zero-order valence-corrected chi connectivity index (χ0v) is 8.47. The maximum Gasteiger partial charge on any atom is 0.123 e. The molecule has 0 atom stereocenters. The van der Waals surface area contributed by atoms with Gasteiger partial charge in [-0.05, 0) is 19.9 Å². The summed E-state index contributed by atoms with van der Waals surface area (Å²) in [6, 6.07) is 3.52. The molecule has 1 heterocycles. The Hall–Kier alpha value is -1.16. The van der Waals surface area contributed by atoms with Crippen LogP contribution in [0.4, 0.5) is 0 Å². The molecule has 0 spiro atoms. The zero-order valence-electron chi connectivity index (χ0n) is 7.65. The molecule has 3 nitrogen and oxygen atoms in total. The molecule has 70 valence electrons. The summed E-state index contributed by atoms with van der Waals surface area (Å²) >= 11 is 4.79. The van der Waals surface area contributed by atoms with Gasteiger partial charge < -0.3 is 10.5 Å². The van der Waals surface area contributed by atoms with E-state index in [1.165, 1.54) is 0 Å². The van der Waals surface area contributed by atoms with Gasteiger partial charge in [0.05, 0.1) is 6.10 Å². The third-order valence-corrected chi connectivity index (χ3v) is 1.56. The Bertz CT molecular complexity index is 312. The van der Waals surface area contributed by atoms with E-state index in [1.807, 2.05) is 13.8 Å². The molecule has 0 aliphatic rings. The summed E-state index contributed by atoms with van der Waals surface area (Å²) in [6.45, 7) is 3.92. The first kappa shape index (κ1) is 9.92. The van der Waals surface area contributed by atoms with Gasteiger partial charge in [0.2, 0.25) is 0 Å². The van der Waals surface area contributed by atoms with Crippen molar-refractivity contribution >= 4 is 17.2 Å². The molecule has 13 heavy (non-hydrogen) atoms. The minimum Gasteiger partial charge on any atom is -0.491 e. The molecule has 0 saturated carbocycles. The van der Waals surface area contributed by atoms with E-state index >= 15 is 0 Å². The Morgan fingerprint density at radius 1 is 1.62 bits per heavy atom. The predicted octanol–water partition coefficient (Wildman–Crippen LogP) is 1.50. The Morgan fingerprint density at radius 2 is 2.31 bits per heavy atom.